The van der Waals surface area contributed by atoms with E-state index < -0.39 is 11.0 Å². The van der Waals surface area contributed by atoms with Crippen molar-refractivity contribution >= 4 is 18.0 Å². The topological polar surface area (TPSA) is 84.9 Å². The Kier molecular flexibility index (Phi) is 4.00. The lowest BCUT2D eigenvalue weighted by molar-refractivity contribution is -0.147. The van der Waals surface area contributed by atoms with Crippen LogP contribution in [0.3, 0.4) is 0 Å². The molecule has 0 spiro atoms. The summed E-state index contributed by atoms with van der Waals surface area (Å²) in [7, 11) is 1.37. The molecule has 2 saturated heterocycles. The number of hydrogen-bond donors (Lipinski definition) is 1. The molecular weight excluding hydrogens is 312 g/mol. The highest BCUT2D eigenvalue weighted by Gasteiger charge is 2.58. The SMILES string of the molecule is COC(=O)C1(CNC(=O)C2C3CC2N(C(=O)OC(C)(C)C)C3)CC1. The van der Waals surface area contributed by atoms with Crippen molar-refractivity contribution in [3.05, 3.63) is 0 Å². The number of hydrogen-bond acceptors (Lipinski definition) is 5. The van der Waals surface area contributed by atoms with E-state index in [0.29, 0.717) is 13.1 Å². The smallest absolute Gasteiger partial charge is 0.410 e. The molecular formula is C17H26N2O5. The van der Waals surface area contributed by atoms with Gasteiger partial charge in [0.15, 0.2) is 0 Å². The van der Waals surface area contributed by atoms with Crippen LogP contribution in [0, 0.1) is 17.3 Å². The molecule has 0 aromatic rings. The maximum absolute atomic E-state index is 12.5. The minimum atomic E-state index is -0.541. The molecule has 0 aromatic carbocycles. The summed E-state index contributed by atoms with van der Waals surface area (Å²) in [6.45, 7) is 6.38. The number of ether oxygens (including phenoxy) is 2. The van der Waals surface area contributed by atoms with Gasteiger partial charge in [-0.1, -0.05) is 0 Å². The normalized spacial score (nSPS) is 29.5. The Labute approximate surface area is 142 Å². The highest BCUT2D eigenvalue weighted by atomic mass is 16.6. The van der Waals surface area contributed by atoms with Gasteiger partial charge in [-0.15, -0.1) is 0 Å². The van der Waals surface area contributed by atoms with Crippen molar-refractivity contribution in [2.24, 2.45) is 17.3 Å². The van der Waals surface area contributed by atoms with Crippen LogP contribution in [0.2, 0.25) is 0 Å². The largest absolute Gasteiger partial charge is 0.469 e. The van der Waals surface area contributed by atoms with Crippen molar-refractivity contribution in [3.8, 4) is 0 Å². The summed E-state index contributed by atoms with van der Waals surface area (Å²) in [6.07, 6.45) is 2.00. The van der Waals surface area contributed by atoms with Crippen LogP contribution in [0.1, 0.15) is 40.0 Å². The number of fused-ring (bicyclic) bond motifs is 1. The molecule has 3 unspecified atom stereocenters. The summed E-state index contributed by atoms with van der Waals surface area (Å²) in [4.78, 5) is 38.1. The summed E-state index contributed by atoms with van der Waals surface area (Å²) in [5.41, 5.74) is -1.07. The molecule has 24 heavy (non-hydrogen) atoms. The third kappa shape index (κ3) is 2.96. The summed E-state index contributed by atoms with van der Waals surface area (Å²) < 4.78 is 10.2. The first kappa shape index (κ1) is 17.0. The second-order valence-electron chi connectivity index (χ2n) is 8.21. The van der Waals surface area contributed by atoms with Crippen molar-refractivity contribution in [2.45, 2.75) is 51.7 Å². The van der Waals surface area contributed by atoms with Gasteiger partial charge in [0.05, 0.1) is 18.4 Å². The van der Waals surface area contributed by atoms with Crippen molar-refractivity contribution in [3.63, 3.8) is 0 Å². The minimum Gasteiger partial charge on any atom is -0.469 e. The molecule has 7 heteroatoms. The second-order valence-corrected chi connectivity index (χ2v) is 8.21. The van der Waals surface area contributed by atoms with E-state index in [-0.39, 0.29) is 35.8 Å². The Hall–Kier alpha value is -1.79. The zero-order valence-corrected chi connectivity index (χ0v) is 14.8. The first-order valence-corrected chi connectivity index (χ1v) is 8.53. The predicted molar refractivity (Wildman–Crippen MR) is 85.0 cm³/mol. The monoisotopic (exact) mass is 338 g/mol. The van der Waals surface area contributed by atoms with Gasteiger partial charge in [0.25, 0.3) is 0 Å². The fraction of sp³-hybridized carbons (Fsp3) is 0.824. The van der Waals surface area contributed by atoms with Crippen LogP contribution in [0.4, 0.5) is 4.79 Å². The van der Waals surface area contributed by atoms with Crippen LogP contribution in [0.25, 0.3) is 0 Å². The van der Waals surface area contributed by atoms with E-state index in [1.165, 1.54) is 7.11 Å². The fourth-order valence-electron chi connectivity index (χ4n) is 3.73. The Morgan fingerprint density at radius 1 is 1.25 bits per heavy atom. The van der Waals surface area contributed by atoms with Crippen LogP contribution in [0.5, 0.6) is 0 Å². The average molecular weight is 338 g/mol. The molecule has 0 radical (unpaired) electrons. The van der Waals surface area contributed by atoms with Gasteiger partial charge in [-0.2, -0.15) is 0 Å². The molecule has 7 nitrogen and oxygen atoms in total. The molecule has 2 aliphatic heterocycles. The molecule has 4 fully saturated rings. The van der Waals surface area contributed by atoms with E-state index >= 15 is 0 Å². The van der Waals surface area contributed by atoms with E-state index in [1.807, 2.05) is 20.8 Å². The molecule has 4 aliphatic rings. The fourth-order valence-corrected chi connectivity index (χ4v) is 3.73. The average Bonchev–Trinajstić information content (AvgIpc) is 2.98. The number of methoxy groups -OCH3 is 1. The first-order chi connectivity index (χ1) is 11.2. The lowest BCUT2D eigenvalue weighted by Gasteiger charge is -2.35. The Bertz CT molecular complexity index is 564. The summed E-state index contributed by atoms with van der Waals surface area (Å²) in [5, 5.41) is 2.89. The number of nitrogens with zero attached hydrogens (tertiary/aromatic N) is 1. The molecule has 2 bridgehead atoms. The lowest BCUT2D eigenvalue weighted by atomic mass is 9.73. The van der Waals surface area contributed by atoms with E-state index in [4.69, 9.17) is 9.47 Å². The molecule has 4 rings (SSSR count). The van der Waals surface area contributed by atoms with Gasteiger partial charge < -0.3 is 19.7 Å². The number of nitrogens with one attached hydrogen (secondary N) is 1. The lowest BCUT2D eigenvalue weighted by Crippen LogP contribution is -2.51. The van der Waals surface area contributed by atoms with E-state index in [9.17, 15) is 14.4 Å². The number of rotatable bonds is 4. The zero-order valence-electron chi connectivity index (χ0n) is 14.8. The zero-order chi connectivity index (χ0) is 17.7. The third-order valence-corrected chi connectivity index (χ3v) is 5.30. The number of carbonyl (C=O) groups is 3. The van der Waals surface area contributed by atoms with Gasteiger partial charge in [-0.05, 0) is 46.0 Å². The summed E-state index contributed by atoms with van der Waals surface area (Å²) >= 11 is 0. The number of esters is 1. The van der Waals surface area contributed by atoms with Crippen molar-refractivity contribution in [1.29, 1.82) is 0 Å². The van der Waals surface area contributed by atoms with Crippen LogP contribution in [0.15, 0.2) is 0 Å². The van der Waals surface area contributed by atoms with Gasteiger partial charge >= 0.3 is 12.1 Å². The summed E-state index contributed by atoms with van der Waals surface area (Å²) in [6, 6.07) is -0.0851. The first-order valence-electron chi connectivity index (χ1n) is 8.53. The van der Waals surface area contributed by atoms with Gasteiger partial charge in [0.2, 0.25) is 5.91 Å². The molecule has 2 saturated carbocycles. The van der Waals surface area contributed by atoms with E-state index in [2.05, 4.69) is 5.32 Å². The maximum Gasteiger partial charge on any atom is 0.410 e. The van der Waals surface area contributed by atoms with Gasteiger partial charge in [-0.3, -0.25) is 9.59 Å². The third-order valence-electron chi connectivity index (χ3n) is 5.30. The maximum atomic E-state index is 12.5. The quantitative estimate of drug-likeness (QED) is 0.781. The van der Waals surface area contributed by atoms with E-state index in [1.54, 1.807) is 4.90 Å². The number of carbonyl (C=O) groups excluding carboxylic acids is 3. The Morgan fingerprint density at radius 3 is 2.46 bits per heavy atom. The Balaban J connectivity index is 1.53. The predicted octanol–water partition coefficient (Wildman–Crippen LogP) is 1.31. The highest BCUT2D eigenvalue weighted by Crippen LogP contribution is 2.48. The molecule has 0 aromatic heterocycles. The molecule has 3 atom stereocenters. The van der Waals surface area contributed by atoms with Crippen molar-refractivity contribution < 1.29 is 23.9 Å². The van der Waals surface area contributed by atoms with Crippen LogP contribution in [-0.4, -0.2) is 54.7 Å². The molecule has 1 N–H and O–H groups in total. The van der Waals surface area contributed by atoms with Crippen molar-refractivity contribution in [2.75, 3.05) is 20.2 Å². The summed E-state index contributed by atoms with van der Waals surface area (Å²) in [5.74, 6) is -0.325. The van der Waals surface area contributed by atoms with Gasteiger partial charge in [0, 0.05) is 19.1 Å². The molecule has 2 amide bonds. The Morgan fingerprint density at radius 2 is 1.92 bits per heavy atom. The van der Waals surface area contributed by atoms with Crippen LogP contribution < -0.4 is 5.32 Å². The van der Waals surface area contributed by atoms with Crippen LogP contribution in [-0.2, 0) is 19.1 Å². The second kappa shape index (κ2) is 5.63. The molecule has 134 valence electrons. The molecule has 2 heterocycles. The minimum absolute atomic E-state index is 0.0718. The number of amides is 2. The van der Waals surface area contributed by atoms with Crippen LogP contribution >= 0.6 is 0 Å². The highest BCUT2D eigenvalue weighted by molar-refractivity contribution is 5.85. The van der Waals surface area contributed by atoms with E-state index in [0.717, 1.165) is 19.3 Å². The van der Waals surface area contributed by atoms with Crippen molar-refractivity contribution in [1.82, 2.24) is 10.2 Å². The van der Waals surface area contributed by atoms with Gasteiger partial charge in [-0.25, -0.2) is 4.79 Å². The molecule has 2 aliphatic carbocycles. The standard InChI is InChI=1S/C17H26N2O5/c1-16(2,3)24-15(22)19-8-10-7-11(19)12(10)13(20)18-9-17(5-6-17)14(21)23-4/h10-12H,5-9H2,1-4H3,(H,18,20). The van der Waals surface area contributed by atoms with Gasteiger partial charge in [0.1, 0.15) is 5.60 Å².